The van der Waals surface area contributed by atoms with Gasteiger partial charge in [0, 0.05) is 26.9 Å². The Hall–Kier alpha value is -0.120. The number of aliphatic hydroxyl groups is 1. The summed E-state index contributed by atoms with van der Waals surface area (Å²) in [7, 11) is 1.70. The lowest BCUT2D eigenvalue weighted by Crippen LogP contribution is -2.42. The summed E-state index contributed by atoms with van der Waals surface area (Å²) in [4.78, 5) is 0. The number of hydrogen-bond donors (Lipinski definition) is 1. The minimum absolute atomic E-state index is 0.302. The molecule has 1 fully saturated rings. The Kier molecular flexibility index (Phi) is 4.16. The molecule has 1 N–H and O–H groups in total. The number of methoxy groups -OCH3 is 1. The van der Waals surface area contributed by atoms with Gasteiger partial charge < -0.3 is 14.6 Å². The monoisotopic (exact) mass is 188 g/mol. The molecule has 1 saturated heterocycles. The van der Waals surface area contributed by atoms with Crippen molar-refractivity contribution in [2.75, 3.05) is 26.9 Å². The second-order valence-electron chi connectivity index (χ2n) is 3.90. The minimum atomic E-state index is -0.517. The van der Waals surface area contributed by atoms with E-state index in [9.17, 15) is 5.11 Å². The van der Waals surface area contributed by atoms with Gasteiger partial charge in [-0.2, -0.15) is 0 Å². The highest BCUT2D eigenvalue weighted by atomic mass is 16.5. The molecular weight excluding hydrogens is 168 g/mol. The van der Waals surface area contributed by atoms with Crippen molar-refractivity contribution in [2.45, 2.75) is 31.8 Å². The van der Waals surface area contributed by atoms with Gasteiger partial charge in [0.05, 0.1) is 5.60 Å². The van der Waals surface area contributed by atoms with Gasteiger partial charge in [-0.25, -0.2) is 0 Å². The predicted octanol–water partition coefficient (Wildman–Crippen LogP) is 1.20. The van der Waals surface area contributed by atoms with E-state index in [1.54, 1.807) is 7.11 Å². The molecule has 0 radical (unpaired) electrons. The molecule has 3 nitrogen and oxygen atoms in total. The summed E-state index contributed by atoms with van der Waals surface area (Å²) in [5.74, 6) is 0.302. The zero-order valence-corrected chi connectivity index (χ0v) is 8.58. The van der Waals surface area contributed by atoms with Crippen LogP contribution in [0, 0.1) is 5.92 Å². The summed E-state index contributed by atoms with van der Waals surface area (Å²) in [5.41, 5.74) is -0.517. The quantitative estimate of drug-likeness (QED) is 0.720. The fraction of sp³-hybridized carbons (Fsp3) is 1.00. The van der Waals surface area contributed by atoms with E-state index in [0.717, 1.165) is 25.9 Å². The Bertz CT molecular complexity index is 141. The first-order valence-corrected chi connectivity index (χ1v) is 4.98. The van der Waals surface area contributed by atoms with Gasteiger partial charge in [0.1, 0.15) is 0 Å². The largest absolute Gasteiger partial charge is 0.389 e. The molecule has 0 aromatic rings. The Morgan fingerprint density at radius 2 is 2.08 bits per heavy atom. The molecule has 1 unspecified atom stereocenters. The average molecular weight is 188 g/mol. The van der Waals surface area contributed by atoms with Gasteiger partial charge in [-0.3, -0.25) is 0 Å². The van der Waals surface area contributed by atoms with E-state index in [-0.39, 0.29) is 0 Å². The summed E-state index contributed by atoms with van der Waals surface area (Å²) in [6.45, 7) is 4.19. The van der Waals surface area contributed by atoms with Crippen molar-refractivity contribution >= 4 is 0 Å². The van der Waals surface area contributed by atoms with Crippen molar-refractivity contribution in [1.29, 1.82) is 0 Å². The van der Waals surface area contributed by atoms with Crippen molar-refractivity contribution in [3.8, 4) is 0 Å². The van der Waals surface area contributed by atoms with Crippen molar-refractivity contribution in [3.63, 3.8) is 0 Å². The maximum Gasteiger partial charge on any atom is 0.0717 e. The second kappa shape index (κ2) is 4.94. The van der Waals surface area contributed by atoms with E-state index in [2.05, 4.69) is 6.92 Å². The fourth-order valence-corrected chi connectivity index (χ4v) is 1.78. The molecule has 1 heterocycles. The lowest BCUT2D eigenvalue weighted by Gasteiger charge is -2.37. The molecule has 0 saturated carbocycles. The Morgan fingerprint density at radius 1 is 1.46 bits per heavy atom. The van der Waals surface area contributed by atoms with Crippen molar-refractivity contribution in [3.05, 3.63) is 0 Å². The first-order chi connectivity index (χ1) is 6.19. The molecule has 0 amide bonds. The highest BCUT2D eigenvalue weighted by Crippen LogP contribution is 2.30. The molecular formula is C10H20O3. The molecule has 3 heteroatoms. The minimum Gasteiger partial charge on any atom is -0.389 e. The molecule has 1 rings (SSSR count). The van der Waals surface area contributed by atoms with Gasteiger partial charge in [0.25, 0.3) is 0 Å². The van der Waals surface area contributed by atoms with Gasteiger partial charge in [0.2, 0.25) is 0 Å². The van der Waals surface area contributed by atoms with Crippen molar-refractivity contribution in [2.24, 2.45) is 5.92 Å². The first-order valence-electron chi connectivity index (χ1n) is 4.98. The van der Waals surface area contributed by atoms with E-state index in [4.69, 9.17) is 9.47 Å². The molecule has 0 aromatic carbocycles. The topological polar surface area (TPSA) is 38.7 Å². The molecule has 0 aromatic heterocycles. The first kappa shape index (κ1) is 11.0. The lowest BCUT2D eigenvalue weighted by atomic mass is 9.80. The van der Waals surface area contributed by atoms with E-state index < -0.39 is 5.60 Å². The maximum absolute atomic E-state index is 10.2. The van der Waals surface area contributed by atoms with Gasteiger partial charge in [-0.1, -0.05) is 6.92 Å². The van der Waals surface area contributed by atoms with E-state index in [0.29, 0.717) is 19.1 Å². The van der Waals surface area contributed by atoms with Crippen molar-refractivity contribution < 1.29 is 14.6 Å². The van der Waals surface area contributed by atoms with Crippen LogP contribution in [0.5, 0.6) is 0 Å². The van der Waals surface area contributed by atoms with E-state index in [1.807, 2.05) is 0 Å². The molecule has 0 bridgehead atoms. The summed E-state index contributed by atoms with van der Waals surface area (Å²) in [5, 5.41) is 10.2. The van der Waals surface area contributed by atoms with E-state index in [1.165, 1.54) is 0 Å². The number of ether oxygens (including phenoxy) is 2. The van der Waals surface area contributed by atoms with Gasteiger partial charge in [0.15, 0.2) is 0 Å². The molecule has 0 spiro atoms. The van der Waals surface area contributed by atoms with Crippen LogP contribution in [0.2, 0.25) is 0 Å². The highest BCUT2D eigenvalue weighted by Gasteiger charge is 2.35. The number of hydrogen-bond acceptors (Lipinski definition) is 3. The summed E-state index contributed by atoms with van der Waals surface area (Å²) in [6, 6.07) is 0. The highest BCUT2D eigenvalue weighted by molar-refractivity contribution is 4.86. The average Bonchev–Trinajstić information content (AvgIpc) is 2.15. The predicted molar refractivity (Wildman–Crippen MR) is 50.7 cm³/mol. The Balaban J connectivity index is 2.37. The Labute approximate surface area is 80.0 Å². The van der Waals surface area contributed by atoms with Crippen molar-refractivity contribution in [1.82, 2.24) is 0 Å². The third kappa shape index (κ3) is 2.93. The SMILES string of the molecule is COCCC(C)C1(O)CCOCC1. The zero-order chi connectivity index (χ0) is 9.73. The van der Waals surface area contributed by atoms with Gasteiger partial charge in [-0.05, 0) is 25.2 Å². The van der Waals surface area contributed by atoms with Gasteiger partial charge >= 0.3 is 0 Å². The van der Waals surface area contributed by atoms with Crippen LogP contribution in [0.25, 0.3) is 0 Å². The van der Waals surface area contributed by atoms with Crippen LogP contribution in [0.4, 0.5) is 0 Å². The van der Waals surface area contributed by atoms with E-state index >= 15 is 0 Å². The summed E-state index contributed by atoms with van der Waals surface area (Å²) < 4.78 is 10.2. The molecule has 1 aliphatic heterocycles. The Morgan fingerprint density at radius 3 is 2.62 bits per heavy atom. The van der Waals surface area contributed by atoms with Crippen LogP contribution in [-0.4, -0.2) is 37.6 Å². The third-order valence-corrected chi connectivity index (χ3v) is 3.03. The van der Waals surface area contributed by atoms with Crippen LogP contribution in [0.15, 0.2) is 0 Å². The van der Waals surface area contributed by atoms with Crippen LogP contribution in [0.1, 0.15) is 26.2 Å². The lowest BCUT2D eigenvalue weighted by molar-refractivity contribution is -0.0996. The van der Waals surface area contributed by atoms with Crippen LogP contribution in [-0.2, 0) is 9.47 Å². The molecule has 1 aliphatic rings. The summed E-state index contributed by atoms with van der Waals surface area (Å²) in [6.07, 6.45) is 2.45. The molecule has 78 valence electrons. The third-order valence-electron chi connectivity index (χ3n) is 3.03. The molecule has 0 aliphatic carbocycles. The maximum atomic E-state index is 10.2. The second-order valence-corrected chi connectivity index (χ2v) is 3.90. The van der Waals surface area contributed by atoms with Gasteiger partial charge in [-0.15, -0.1) is 0 Å². The summed E-state index contributed by atoms with van der Waals surface area (Å²) >= 11 is 0. The molecule has 13 heavy (non-hydrogen) atoms. The normalized spacial score (nSPS) is 24.2. The number of rotatable bonds is 4. The smallest absolute Gasteiger partial charge is 0.0717 e. The van der Waals surface area contributed by atoms with Crippen LogP contribution in [0.3, 0.4) is 0 Å². The molecule has 1 atom stereocenters. The standard InChI is InChI=1S/C10H20O3/c1-9(3-6-12-2)10(11)4-7-13-8-5-10/h9,11H,3-8H2,1-2H3. The fourth-order valence-electron chi connectivity index (χ4n) is 1.78. The zero-order valence-electron chi connectivity index (χ0n) is 8.58. The van der Waals surface area contributed by atoms with Crippen LogP contribution < -0.4 is 0 Å². The van der Waals surface area contributed by atoms with Crippen LogP contribution >= 0.6 is 0 Å².